The molecule has 0 bridgehead atoms. The summed E-state index contributed by atoms with van der Waals surface area (Å²) in [6, 6.07) is 24.7. The molecule has 2 atom stereocenters. The number of rotatable bonds is 7. The Hall–Kier alpha value is -4.43. The van der Waals surface area contributed by atoms with Gasteiger partial charge in [-0.2, -0.15) is 0 Å². The molecule has 8 heteroatoms. The molecule has 0 unspecified atom stereocenters. The average Bonchev–Trinajstić information content (AvgIpc) is 3.30. The molecule has 0 radical (unpaired) electrons. The van der Waals surface area contributed by atoms with Gasteiger partial charge in [0.15, 0.2) is 0 Å². The molecule has 1 aliphatic heterocycles. The SMILES string of the molecule is C[C@H]1C(=O)N[C@@H](Cc2cn(C(=O)OCc3ccccc3)c3ccccc23)C(=O)N1OCc1ccccc1. The Morgan fingerprint density at radius 2 is 1.49 bits per heavy atom. The Morgan fingerprint density at radius 1 is 0.865 bits per heavy atom. The van der Waals surface area contributed by atoms with Gasteiger partial charge in [0, 0.05) is 18.0 Å². The predicted molar refractivity (Wildman–Crippen MR) is 137 cm³/mol. The second kappa shape index (κ2) is 10.7. The largest absolute Gasteiger partial charge is 0.444 e. The van der Waals surface area contributed by atoms with Gasteiger partial charge in [-0.15, -0.1) is 0 Å². The number of carbonyl (C=O) groups is 3. The molecule has 1 aliphatic rings. The molecule has 3 aromatic carbocycles. The Balaban J connectivity index is 1.34. The van der Waals surface area contributed by atoms with Crippen LogP contribution in [0.5, 0.6) is 0 Å². The van der Waals surface area contributed by atoms with E-state index < -0.39 is 18.2 Å². The number of hydrogen-bond donors (Lipinski definition) is 1. The van der Waals surface area contributed by atoms with Crippen molar-refractivity contribution in [3.05, 3.63) is 108 Å². The van der Waals surface area contributed by atoms with Crippen molar-refractivity contribution >= 4 is 28.8 Å². The first kappa shape index (κ1) is 24.3. The summed E-state index contributed by atoms with van der Waals surface area (Å²) < 4.78 is 6.97. The number of ether oxygens (including phenoxy) is 1. The Bertz CT molecular complexity index is 1420. The fourth-order valence-electron chi connectivity index (χ4n) is 4.41. The lowest BCUT2D eigenvalue weighted by Gasteiger charge is -2.36. The van der Waals surface area contributed by atoms with E-state index in [1.807, 2.05) is 84.9 Å². The van der Waals surface area contributed by atoms with Gasteiger partial charge in [-0.25, -0.2) is 9.86 Å². The first-order chi connectivity index (χ1) is 18.0. The van der Waals surface area contributed by atoms with E-state index in [0.29, 0.717) is 5.52 Å². The Labute approximate surface area is 214 Å². The van der Waals surface area contributed by atoms with Gasteiger partial charge in [-0.3, -0.25) is 19.0 Å². The molecular formula is C29H27N3O5. The van der Waals surface area contributed by atoms with Crippen LogP contribution in [0.15, 0.2) is 91.1 Å². The number of benzene rings is 3. The summed E-state index contributed by atoms with van der Waals surface area (Å²) in [5, 5.41) is 4.77. The number of fused-ring (bicyclic) bond motifs is 1. The van der Waals surface area contributed by atoms with Crippen molar-refractivity contribution in [3.63, 3.8) is 0 Å². The van der Waals surface area contributed by atoms with Gasteiger partial charge in [-0.1, -0.05) is 78.9 Å². The molecule has 2 amide bonds. The molecule has 0 aliphatic carbocycles. The minimum absolute atomic E-state index is 0.143. The molecule has 0 saturated carbocycles. The van der Waals surface area contributed by atoms with Crippen molar-refractivity contribution in [2.45, 2.75) is 38.6 Å². The highest BCUT2D eigenvalue weighted by molar-refractivity contribution is 5.97. The van der Waals surface area contributed by atoms with Gasteiger partial charge in [0.2, 0.25) is 5.91 Å². The van der Waals surface area contributed by atoms with E-state index in [4.69, 9.17) is 9.57 Å². The fraction of sp³-hybridized carbons (Fsp3) is 0.207. The highest BCUT2D eigenvalue weighted by Gasteiger charge is 2.39. The van der Waals surface area contributed by atoms with Crippen molar-refractivity contribution in [2.24, 2.45) is 0 Å². The van der Waals surface area contributed by atoms with Crippen LogP contribution in [0.1, 0.15) is 23.6 Å². The normalized spacial score (nSPS) is 17.6. The maximum atomic E-state index is 13.3. The lowest BCUT2D eigenvalue weighted by atomic mass is 10.0. The van der Waals surface area contributed by atoms with Crippen molar-refractivity contribution in [2.75, 3.05) is 0 Å². The maximum absolute atomic E-state index is 13.3. The van der Waals surface area contributed by atoms with Crippen LogP contribution in [0.3, 0.4) is 0 Å². The number of amides is 2. The van der Waals surface area contributed by atoms with Crippen LogP contribution < -0.4 is 5.32 Å². The summed E-state index contributed by atoms with van der Waals surface area (Å²) in [6.45, 7) is 1.94. The molecule has 5 rings (SSSR count). The molecular weight excluding hydrogens is 470 g/mol. The smallest absolute Gasteiger partial charge is 0.418 e. The monoisotopic (exact) mass is 497 g/mol. The predicted octanol–water partition coefficient (Wildman–Crippen LogP) is 4.22. The number of nitrogens with one attached hydrogen (secondary N) is 1. The second-order valence-corrected chi connectivity index (χ2v) is 8.95. The van der Waals surface area contributed by atoms with Crippen LogP contribution >= 0.6 is 0 Å². The number of carbonyl (C=O) groups excluding carboxylic acids is 3. The van der Waals surface area contributed by atoms with Gasteiger partial charge < -0.3 is 10.1 Å². The van der Waals surface area contributed by atoms with E-state index in [9.17, 15) is 14.4 Å². The summed E-state index contributed by atoms with van der Waals surface area (Å²) in [5.41, 5.74) is 3.18. The summed E-state index contributed by atoms with van der Waals surface area (Å²) in [7, 11) is 0. The van der Waals surface area contributed by atoms with E-state index in [0.717, 1.165) is 27.1 Å². The van der Waals surface area contributed by atoms with Crippen LogP contribution in [-0.2, 0) is 38.8 Å². The van der Waals surface area contributed by atoms with Crippen molar-refractivity contribution in [1.29, 1.82) is 0 Å². The van der Waals surface area contributed by atoms with E-state index in [-0.39, 0.29) is 31.4 Å². The third-order valence-electron chi connectivity index (χ3n) is 6.40. The minimum Gasteiger partial charge on any atom is -0.444 e. The minimum atomic E-state index is -0.834. The van der Waals surface area contributed by atoms with E-state index in [1.165, 1.54) is 4.57 Å². The number of hydrogen-bond acceptors (Lipinski definition) is 5. The number of aromatic nitrogens is 1. The zero-order valence-corrected chi connectivity index (χ0v) is 20.4. The Kier molecular flexibility index (Phi) is 7.00. The summed E-state index contributed by atoms with van der Waals surface area (Å²) in [4.78, 5) is 44.8. The molecule has 1 N–H and O–H groups in total. The van der Waals surface area contributed by atoms with Crippen LogP contribution in [0.4, 0.5) is 4.79 Å². The molecule has 1 saturated heterocycles. The molecule has 8 nitrogen and oxygen atoms in total. The first-order valence-corrected chi connectivity index (χ1v) is 12.1. The van der Waals surface area contributed by atoms with Gasteiger partial charge >= 0.3 is 6.09 Å². The van der Waals surface area contributed by atoms with Gasteiger partial charge in [0.05, 0.1) is 5.52 Å². The van der Waals surface area contributed by atoms with Gasteiger partial charge in [0.1, 0.15) is 25.3 Å². The number of hydroxylamine groups is 2. The van der Waals surface area contributed by atoms with Crippen molar-refractivity contribution in [1.82, 2.24) is 14.9 Å². The zero-order valence-electron chi connectivity index (χ0n) is 20.4. The lowest BCUT2D eigenvalue weighted by Crippen LogP contribution is -2.62. The maximum Gasteiger partial charge on any atom is 0.418 e. The molecule has 1 aromatic heterocycles. The van der Waals surface area contributed by atoms with Crippen LogP contribution in [0, 0.1) is 0 Å². The van der Waals surface area contributed by atoms with Crippen LogP contribution in [0.25, 0.3) is 10.9 Å². The third-order valence-corrected chi connectivity index (χ3v) is 6.40. The molecule has 0 spiro atoms. The number of para-hydroxylation sites is 1. The Morgan fingerprint density at radius 3 is 2.19 bits per heavy atom. The van der Waals surface area contributed by atoms with Gasteiger partial charge in [0.25, 0.3) is 5.91 Å². The van der Waals surface area contributed by atoms with Crippen LogP contribution in [0.2, 0.25) is 0 Å². The quantitative estimate of drug-likeness (QED) is 0.413. The average molecular weight is 498 g/mol. The summed E-state index contributed by atoms with van der Waals surface area (Å²) in [5.74, 6) is -0.643. The molecule has 188 valence electrons. The fourth-order valence-corrected chi connectivity index (χ4v) is 4.41. The molecule has 2 heterocycles. The first-order valence-electron chi connectivity index (χ1n) is 12.1. The standard InChI is InChI=1S/C29H27N3O5/c1-20-27(33)30-25(28(34)32(20)37-19-22-12-6-3-7-13-22)16-23-17-31(26-15-9-8-14-24(23)26)29(35)36-18-21-10-4-2-5-11-21/h2-15,17,20,25H,16,18-19H2,1H3,(H,30,33)/t20-,25-/m0/s1. The number of piperazine rings is 1. The second-order valence-electron chi connectivity index (χ2n) is 8.95. The van der Waals surface area contributed by atoms with Gasteiger partial charge in [-0.05, 0) is 29.7 Å². The van der Waals surface area contributed by atoms with E-state index >= 15 is 0 Å². The van der Waals surface area contributed by atoms with E-state index in [1.54, 1.807) is 13.1 Å². The topological polar surface area (TPSA) is 89.9 Å². The van der Waals surface area contributed by atoms with E-state index in [2.05, 4.69) is 5.32 Å². The molecule has 37 heavy (non-hydrogen) atoms. The van der Waals surface area contributed by atoms with Crippen LogP contribution in [-0.4, -0.2) is 39.6 Å². The lowest BCUT2D eigenvalue weighted by molar-refractivity contribution is -0.213. The summed E-state index contributed by atoms with van der Waals surface area (Å²) in [6.07, 6.45) is 1.35. The molecule has 1 fully saturated rings. The highest BCUT2D eigenvalue weighted by Crippen LogP contribution is 2.25. The number of nitrogens with zero attached hydrogens (tertiary/aromatic N) is 2. The van der Waals surface area contributed by atoms with Crippen molar-refractivity contribution < 1.29 is 24.0 Å². The molecule has 4 aromatic rings. The third kappa shape index (κ3) is 5.24. The summed E-state index contributed by atoms with van der Waals surface area (Å²) >= 11 is 0. The highest BCUT2D eigenvalue weighted by atomic mass is 16.7. The van der Waals surface area contributed by atoms with Crippen molar-refractivity contribution in [3.8, 4) is 0 Å². The zero-order chi connectivity index (χ0) is 25.8.